The van der Waals surface area contributed by atoms with Gasteiger partial charge in [-0.3, -0.25) is 4.40 Å². The average molecular weight is 367 g/mol. The largest absolute Gasteiger partial charge is 0.403 e. The van der Waals surface area contributed by atoms with Gasteiger partial charge >= 0.3 is 5.63 Å². The van der Waals surface area contributed by atoms with E-state index in [0.29, 0.717) is 23.0 Å². The van der Waals surface area contributed by atoms with E-state index < -0.39 is 5.63 Å². The molecule has 7 nitrogen and oxygen atoms in total. The summed E-state index contributed by atoms with van der Waals surface area (Å²) in [6.45, 7) is 4.83. The van der Waals surface area contributed by atoms with Gasteiger partial charge in [0.1, 0.15) is 5.82 Å². The lowest BCUT2D eigenvalue weighted by atomic mass is 10.2. The first-order valence-electron chi connectivity index (χ1n) is 8.53. The Balaban J connectivity index is 1.56. The van der Waals surface area contributed by atoms with Crippen LogP contribution >= 0.6 is 11.3 Å². The Hall–Kier alpha value is -2.71. The number of fused-ring (bicyclic) bond motifs is 2. The molecule has 4 aromatic heterocycles. The van der Waals surface area contributed by atoms with Crippen LogP contribution in [-0.2, 0) is 0 Å². The van der Waals surface area contributed by atoms with Crippen LogP contribution in [0.25, 0.3) is 27.3 Å². The number of nitrogens with one attached hydrogen (secondary N) is 1. The molecule has 8 heteroatoms. The first kappa shape index (κ1) is 15.5. The predicted octanol–water partition coefficient (Wildman–Crippen LogP) is 2.36. The number of hydrogen-bond donors (Lipinski definition) is 1. The second-order valence-corrected chi connectivity index (χ2v) is 7.40. The number of pyridine rings is 1. The van der Waals surface area contributed by atoms with Crippen molar-refractivity contribution in [2.24, 2.45) is 0 Å². The minimum absolute atomic E-state index is 0.364. The zero-order valence-electron chi connectivity index (χ0n) is 14.2. The monoisotopic (exact) mass is 367 g/mol. The van der Waals surface area contributed by atoms with Crippen molar-refractivity contribution in [3.05, 3.63) is 46.4 Å². The van der Waals surface area contributed by atoms with E-state index in [1.807, 2.05) is 40.4 Å². The van der Waals surface area contributed by atoms with Crippen LogP contribution in [0.2, 0.25) is 0 Å². The Labute approximate surface area is 152 Å². The van der Waals surface area contributed by atoms with E-state index in [0.717, 1.165) is 35.8 Å². The summed E-state index contributed by atoms with van der Waals surface area (Å²) in [7, 11) is 0. The Morgan fingerprint density at radius 1 is 1.35 bits per heavy atom. The first-order chi connectivity index (χ1) is 12.7. The van der Waals surface area contributed by atoms with E-state index >= 15 is 0 Å². The number of rotatable bonds is 2. The van der Waals surface area contributed by atoms with Crippen LogP contribution in [0.3, 0.4) is 0 Å². The summed E-state index contributed by atoms with van der Waals surface area (Å²) < 4.78 is 7.42. The number of hydrogen-bond acceptors (Lipinski definition) is 7. The first-order valence-corrected chi connectivity index (χ1v) is 9.41. The summed E-state index contributed by atoms with van der Waals surface area (Å²) in [4.78, 5) is 24.6. The van der Waals surface area contributed by atoms with Crippen molar-refractivity contribution in [2.45, 2.75) is 13.0 Å². The van der Waals surface area contributed by atoms with Crippen molar-refractivity contribution in [2.75, 3.05) is 24.5 Å². The molecule has 1 unspecified atom stereocenters. The fraction of sp³-hybridized carbons (Fsp3) is 0.278. The van der Waals surface area contributed by atoms with Crippen molar-refractivity contribution < 1.29 is 4.42 Å². The molecular weight excluding hydrogens is 350 g/mol. The Bertz CT molecular complexity index is 1130. The van der Waals surface area contributed by atoms with Crippen LogP contribution in [-0.4, -0.2) is 40.0 Å². The molecule has 0 radical (unpaired) electrons. The molecule has 132 valence electrons. The van der Waals surface area contributed by atoms with Crippen molar-refractivity contribution >= 4 is 33.2 Å². The predicted molar refractivity (Wildman–Crippen MR) is 102 cm³/mol. The van der Waals surface area contributed by atoms with Gasteiger partial charge < -0.3 is 14.6 Å². The number of piperazine rings is 1. The standard InChI is InChI=1S/C18H17N5O2S/c1-11-9-22(5-4-19-11)15-3-2-12-8-13(17(24)25-16(12)21-15)14-10-23-6-7-26-18(23)20-14/h2-3,6-8,10-11,19H,4-5,9H2,1H3. The zero-order valence-corrected chi connectivity index (χ0v) is 15.0. The van der Waals surface area contributed by atoms with Gasteiger partial charge in [0.25, 0.3) is 0 Å². The lowest BCUT2D eigenvalue weighted by molar-refractivity contribution is 0.481. The molecule has 1 fully saturated rings. The Morgan fingerprint density at radius 2 is 2.27 bits per heavy atom. The van der Waals surface area contributed by atoms with E-state index in [1.54, 1.807) is 0 Å². The SMILES string of the molecule is CC1CN(c2ccc3cc(-c4cn5ccsc5n4)c(=O)oc3n2)CCN1. The zero-order chi connectivity index (χ0) is 17.7. The number of aromatic nitrogens is 3. The Kier molecular flexibility index (Phi) is 3.54. The van der Waals surface area contributed by atoms with E-state index in [4.69, 9.17) is 4.42 Å². The van der Waals surface area contributed by atoms with E-state index in [9.17, 15) is 4.79 Å². The average Bonchev–Trinajstić information content (AvgIpc) is 3.22. The normalized spacial score (nSPS) is 18.0. The maximum atomic E-state index is 12.5. The van der Waals surface area contributed by atoms with Gasteiger partial charge in [-0.25, -0.2) is 9.78 Å². The number of nitrogens with zero attached hydrogens (tertiary/aromatic N) is 4. The summed E-state index contributed by atoms with van der Waals surface area (Å²) in [5, 5.41) is 6.16. The second-order valence-electron chi connectivity index (χ2n) is 6.53. The van der Waals surface area contributed by atoms with Gasteiger partial charge in [0, 0.05) is 48.8 Å². The van der Waals surface area contributed by atoms with Crippen LogP contribution in [0.15, 0.2) is 45.2 Å². The van der Waals surface area contributed by atoms with Crippen molar-refractivity contribution in [1.29, 1.82) is 0 Å². The lowest BCUT2D eigenvalue weighted by Gasteiger charge is -2.32. The molecule has 1 aliphatic heterocycles. The van der Waals surface area contributed by atoms with Crippen molar-refractivity contribution in [3.8, 4) is 11.3 Å². The van der Waals surface area contributed by atoms with E-state index in [-0.39, 0.29) is 0 Å². The molecule has 1 aliphatic rings. The molecule has 0 aliphatic carbocycles. The number of anilines is 1. The quantitative estimate of drug-likeness (QED) is 0.586. The molecule has 4 aromatic rings. The van der Waals surface area contributed by atoms with Gasteiger partial charge in [-0.05, 0) is 25.1 Å². The molecule has 0 bridgehead atoms. The molecular formula is C18H17N5O2S. The third kappa shape index (κ3) is 2.58. The van der Waals surface area contributed by atoms with Crippen LogP contribution in [0.5, 0.6) is 0 Å². The summed E-state index contributed by atoms with van der Waals surface area (Å²) in [5.74, 6) is 0.837. The molecule has 0 spiro atoms. The molecule has 0 aromatic carbocycles. The molecule has 26 heavy (non-hydrogen) atoms. The van der Waals surface area contributed by atoms with E-state index in [2.05, 4.69) is 27.1 Å². The van der Waals surface area contributed by atoms with Gasteiger partial charge in [-0.15, -0.1) is 11.3 Å². The highest BCUT2D eigenvalue weighted by Gasteiger charge is 2.18. The van der Waals surface area contributed by atoms with Crippen LogP contribution in [0.4, 0.5) is 5.82 Å². The maximum absolute atomic E-state index is 12.5. The summed E-state index contributed by atoms with van der Waals surface area (Å²) in [6, 6.07) is 6.15. The fourth-order valence-electron chi connectivity index (χ4n) is 3.34. The molecule has 1 atom stereocenters. The molecule has 0 amide bonds. The third-order valence-electron chi connectivity index (χ3n) is 4.65. The molecule has 1 N–H and O–H groups in total. The van der Waals surface area contributed by atoms with Gasteiger partial charge in [-0.1, -0.05) is 0 Å². The molecule has 5 heterocycles. The van der Waals surface area contributed by atoms with E-state index in [1.165, 1.54) is 11.3 Å². The van der Waals surface area contributed by atoms with Crippen LogP contribution < -0.4 is 15.8 Å². The third-order valence-corrected chi connectivity index (χ3v) is 5.42. The topological polar surface area (TPSA) is 75.7 Å². The van der Waals surface area contributed by atoms with Crippen molar-refractivity contribution in [3.63, 3.8) is 0 Å². The van der Waals surface area contributed by atoms with Gasteiger partial charge in [0.05, 0.1) is 11.3 Å². The van der Waals surface area contributed by atoms with Gasteiger partial charge in [-0.2, -0.15) is 4.98 Å². The Morgan fingerprint density at radius 3 is 3.12 bits per heavy atom. The summed E-state index contributed by atoms with van der Waals surface area (Å²) >= 11 is 1.53. The van der Waals surface area contributed by atoms with Gasteiger partial charge in [0.15, 0.2) is 4.96 Å². The minimum atomic E-state index is -0.415. The van der Waals surface area contributed by atoms with Crippen LogP contribution in [0, 0.1) is 0 Å². The minimum Gasteiger partial charge on any atom is -0.403 e. The molecule has 0 saturated carbocycles. The summed E-state index contributed by atoms with van der Waals surface area (Å²) in [6.07, 6.45) is 3.76. The highest BCUT2D eigenvalue weighted by molar-refractivity contribution is 7.15. The van der Waals surface area contributed by atoms with Crippen molar-refractivity contribution in [1.82, 2.24) is 19.7 Å². The smallest absolute Gasteiger partial charge is 0.347 e. The van der Waals surface area contributed by atoms with Gasteiger partial charge in [0.2, 0.25) is 5.71 Å². The fourth-order valence-corrected chi connectivity index (χ4v) is 4.04. The van der Waals surface area contributed by atoms with Crippen LogP contribution in [0.1, 0.15) is 6.92 Å². The highest BCUT2D eigenvalue weighted by atomic mass is 32.1. The number of thiazole rings is 1. The molecule has 5 rings (SSSR count). The lowest BCUT2D eigenvalue weighted by Crippen LogP contribution is -2.49. The second kappa shape index (κ2) is 5.93. The maximum Gasteiger partial charge on any atom is 0.347 e. The molecule has 1 saturated heterocycles. The number of imidazole rings is 1. The summed E-state index contributed by atoms with van der Waals surface area (Å²) in [5.41, 5.74) is 1.02. The highest BCUT2D eigenvalue weighted by Crippen LogP contribution is 2.24.